The maximum atomic E-state index is 12.4. The first-order valence-corrected chi connectivity index (χ1v) is 11.2. The molecule has 5 rings (SSSR count). The molecule has 0 atom stereocenters. The third-order valence-electron chi connectivity index (χ3n) is 5.41. The van der Waals surface area contributed by atoms with E-state index in [4.69, 9.17) is 9.26 Å². The molecule has 1 saturated heterocycles. The summed E-state index contributed by atoms with van der Waals surface area (Å²) < 4.78 is 13.5. The predicted octanol–water partition coefficient (Wildman–Crippen LogP) is 3.08. The van der Waals surface area contributed by atoms with E-state index in [-0.39, 0.29) is 5.91 Å². The Kier molecular flexibility index (Phi) is 5.95. The minimum absolute atomic E-state index is 0.110. The molecule has 4 aromatic rings. The molecular formula is C22H21BrN6O3. The molecule has 0 saturated carbocycles. The van der Waals surface area contributed by atoms with Crippen molar-refractivity contribution in [1.82, 2.24) is 30.0 Å². The average molecular weight is 497 g/mol. The number of rotatable bonds is 6. The van der Waals surface area contributed by atoms with Crippen LogP contribution in [0.15, 0.2) is 51.5 Å². The lowest BCUT2D eigenvalue weighted by Gasteiger charge is -2.26. The van der Waals surface area contributed by atoms with E-state index in [1.807, 2.05) is 47.4 Å². The Morgan fingerprint density at radius 1 is 1.09 bits per heavy atom. The number of fused-ring (bicyclic) bond motifs is 1. The van der Waals surface area contributed by atoms with Crippen molar-refractivity contribution >= 4 is 32.9 Å². The molecule has 0 N–H and O–H groups in total. The molecule has 1 amide bonds. The number of carbonyl (C=O) groups is 1. The molecule has 0 spiro atoms. The molecule has 0 radical (unpaired) electrons. The summed E-state index contributed by atoms with van der Waals surface area (Å²) in [7, 11) is 0. The Hall–Kier alpha value is -3.11. The lowest BCUT2D eigenvalue weighted by atomic mass is 10.1. The molecule has 2 aromatic carbocycles. The monoisotopic (exact) mass is 496 g/mol. The highest BCUT2D eigenvalue weighted by Gasteiger charge is 2.18. The first-order chi connectivity index (χ1) is 15.7. The zero-order valence-electron chi connectivity index (χ0n) is 17.3. The molecule has 9 nitrogen and oxygen atoms in total. The molecule has 164 valence electrons. The fraction of sp³-hybridized carbons (Fsp3) is 0.318. The van der Waals surface area contributed by atoms with Crippen LogP contribution in [0.25, 0.3) is 22.4 Å². The fourth-order valence-electron chi connectivity index (χ4n) is 3.67. The summed E-state index contributed by atoms with van der Waals surface area (Å²) in [5, 5.41) is 12.6. The van der Waals surface area contributed by atoms with Crippen LogP contribution in [0.5, 0.6) is 0 Å². The van der Waals surface area contributed by atoms with Crippen molar-refractivity contribution < 1.29 is 14.1 Å². The molecule has 1 aliphatic heterocycles. The fourth-order valence-corrected chi connectivity index (χ4v) is 3.93. The summed E-state index contributed by atoms with van der Waals surface area (Å²) in [5.74, 6) is 1.17. The van der Waals surface area contributed by atoms with Crippen LogP contribution in [-0.2, 0) is 22.5 Å². The van der Waals surface area contributed by atoms with E-state index >= 15 is 0 Å². The number of ether oxygens (including phenoxy) is 1. The van der Waals surface area contributed by atoms with Gasteiger partial charge < -0.3 is 14.2 Å². The summed E-state index contributed by atoms with van der Waals surface area (Å²) in [5.41, 5.74) is 3.48. The van der Waals surface area contributed by atoms with Crippen molar-refractivity contribution in [3.05, 3.63) is 58.4 Å². The summed E-state index contributed by atoms with van der Waals surface area (Å²) in [6.45, 7) is 2.97. The third-order valence-corrected chi connectivity index (χ3v) is 5.94. The number of amides is 1. The van der Waals surface area contributed by atoms with Gasteiger partial charge in [0.05, 0.1) is 31.7 Å². The zero-order valence-corrected chi connectivity index (χ0v) is 18.9. The van der Waals surface area contributed by atoms with Crippen molar-refractivity contribution in [3.8, 4) is 11.4 Å². The minimum Gasteiger partial charge on any atom is -0.378 e. The van der Waals surface area contributed by atoms with Crippen molar-refractivity contribution in [2.24, 2.45) is 0 Å². The summed E-state index contributed by atoms with van der Waals surface area (Å²) in [4.78, 5) is 18.8. The molecule has 1 aliphatic rings. The lowest BCUT2D eigenvalue weighted by Crippen LogP contribution is -2.41. The van der Waals surface area contributed by atoms with E-state index in [0.717, 1.165) is 26.6 Å². The van der Waals surface area contributed by atoms with Crippen molar-refractivity contribution in [1.29, 1.82) is 0 Å². The first-order valence-electron chi connectivity index (χ1n) is 10.4. The van der Waals surface area contributed by atoms with Gasteiger partial charge in [-0.1, -0.05) is 38.4 Å². The van der Waals surface area contributed by atoms with Gasteiger partial charge in [0.25, 0.3) is 0 Å². The SMILES string of the molecule is O=C(CCn1nnc2cc(-c3noc(Cc4ccc(Br)cc4)n3)ccc21)N1CCOCC1. The van der Waals surface area contributed by atoms with Gasteiger partial charge in [-0.15, -0.1) is 5.10 Å². The highest BCUT2D eigenvalue weighted by Crippen LogP contribution is 2.22. The Morgan fingerprint density at radius 3 is 2.72 bits per heavy atom. The maximum absolute atomic E-state index is 12.4. The smallest absolute Gasteiger partial charge is 0.231 e. The number of benzene rings is 2. The quantitative estimate of drug-likeness (QED) is 0.404. The van der Waals surface area contributed by atoms with Gasteiger partial charge in [0, 0.05) is 29.5 Å². The highest BCUT2D eigenvalue weighted by atomic mass is 79.9. The molecule has 1 fully saturated rings. The Balaban J connectivity index is 1.27. The Morgan fingerprint density at radius 2 is 1.91 bits per heavy atom. The number of carbonyl (C=O) groups excluding carboxylic acids is 1. The Bertz CT molecular complexity index is 1230. The first kappa shape index (κ1) is 20.8. The molecule has 0 aliphatic carbocycles. The van der Waals surface area contributed by atoms with E-state index in [2.05, 4.69) is 36.4 Å². The molecule has 32 heavy (non-hydrogen) atoms. The number of morpholine rings is 1. The van der Waals surface area contributed by atoms with Gasteiger partial charge in [0.15, 0.2) is 0 Å². The molecule has 0 bridgehead atoms. The van der Waals surface area contributed by atoms with Crippen LogP contribution in [-0.4, -0.2) is 62.2 Å². The van der Waals surface area contributed by atoms with E-state index in [9.17, 15) is 4.79 Å². The van der Waals surface area contributed by atoms with Crippen LogP contribution in [0, 0.1) is 0 Å². The second-order valence-corrected chi connectivity index (χ2v) is 8.49. The Labute approximate surface area is 192 Å². The van der Waals surface area contributed by atoms with Gasteiger partial charge in [0.2, 0.25) is 17.6 Å². The van der Waals surface area contributed by atoms with Crippen LogP contribution >= 0.6 is 15.9 Å². The van der Waals surface area contributed by atoms with Gasteiger partial charge in [0.1, 0.15) is 5.52 Å². The second-order valence-electron chi connectivity index (χ2n) is 7.57. The van der Waals surface area contributed by atoms with Gasteiger partial charge >= 0.3 is 0 Å². The van der Waals surface area contributed by atoms with Crippen LogP contribution < -0.4 is 0 Å². The normalized spacial score (nSPS) is 14.2. The number of aryl methyl sites for hydroxylation is 1. The topological polar surface area (TPSA) is 99.2 Å². The summed E-state index contributed by atoms with van der Waals surface area (Å²) in [6, 6.07) is 13.7. The van der Waals surface area contributed by atoms with Crippen LogP contribution in [0.3, 0.4) is 0 Å². The number of hydrogen-bond acceptors (Lipinski definition) is 7. The van der Waals surface area contributed by atoms with Crippen molar-refractivity contribution in [2.75, 3.05) is 26.3 Å². The number of nitrogens with zero attached hydrogens (tertiary/aromatic N) is 6. The van der Waals surface area contributed by atoms with Gasteiger partial charge in [-0.3, -0.25) is 4.79 Å². The summed E-state index contributed by atoms with van der Waals surface area (Å²) in [6.07, 6.45) is 0.945. The van der Waals surface area contributed by atoms with Crippen LogP contribution in [0.2, 0.25) is 0 Å². The van der Waals surface area contributed by atoms with Crippen molar-refractivity contribution in [2.45, 2.75) is 19.4 Å². The number of aromatic nitrogens is 5. The molecule has 10 heteroatoms. The molecule has 0 unspecified atom stereocenters. The summed E-state index contributed by atoms with van der Waals surface area (Å²) >= 11 is 3.43. The predicted molar refractivity (Wildman–Crippen MR) is 120 cm³/mol. The molecule has 2 aromatic heterocycles. The largest absolute Gasteiger partial charge is 0.378 e. The van der Waals surface area contributed by atoms with E-state index in [1.165, 1.54) is 0 Å². The number of hydrogen-bond donors (Lipinski definition) is 0. The standard InChI is InChI=1S/C22H21BrN6O3/c23-17-4-1-15(2-5-17)13-20-24-22(26-32-20)16-3-6-19-18(14-16)25-27-29(19)8-7-21(30)28-9-11-31-12-10-28/h1-6,14H,7-13H2. The highest BCUT2D eigenvalue weighted by molar-refractivity contribution is 9.10. The van der Waals surface area contributed by atoms with Crippen molar-refractivity contribution in [3.63, 3.8) is 0 Å². The maximum Gasteiger partial charge on any atom is 0.231 e. The van der Waals surface area contributed by atoms with E-state index in [1.54, 1.807) is 4.68 Å². The number of halogens is 1. The van der Waals surface area contributed by atoms with E-state index in [0.29, 0.717) is 57.4 Å². The zero-order chi connectivity index (χ0) is 21.9. The van der Waals surface area contributed by atoms with Gasteiger partial charge in [-0.05, 0) is 35.9 Å². The van der Waals surface area contributed by atoms with Crippen LogP contribution in [0.4, 0.5) is 0 Å². The van der Waals surface area contributed by atoms with E-state index < -0.39 is 0 Å². The van der Waals surface area contributed by atoms with Gasteiger partial charge in [-0.2, -0.15) is 4.98 Å². The van der Waals surface area contributed by atoms with Crippen LogP contribution in [0.1, 0.15) is 17.9 Å². The lowest BCUT2D eigenvalue weighted by molar-refractivity contribution is -0.135. The average Bonchev–Trinajstić information content (AvgIpc) is 3.46. The van der Waals surface area contributed by atoms with Gasteiger partial charge in [-0.25, -0.2) is 4.68 Å². The molecular weight excluding hydrogens is 476 g/mol. The molecule has 3 heterocycles. The second kappa shape index (κ2) is 9.17. The minimum atomic E-state index is 0.110. The third kappa shape index (κ3) is 4.56.